The van der Waals surface area contributed by atoms with Crippen molar-refractivity contribution < 1.29 is 19.0 Å². The van der Waals surface area contributed by atoms with E-state index in [9.17, 15) is 4.79 Å². The zero-order valence-electron chi connectivity index (χ0n) is 10.2. The first kappa shape index (κ1) is 12.1. The Bertz CT molecular complexity index is 385. The summed E-state index contributed by atoms with van der Waals surface area (Å²) < 4.78 is 10.2. The molecule has 1 atom stereocenters. The molecule has 0 spiro atoms. The van der Waals surface area contributed by atoms with Crippen molar-refractivity contribution in [2.75, 3.05) is 31.6 Å². The fourth-order valence-electron chi connectivity index (χ4n) is 1.91. The largest absolute Gasteiger partial charge is 0.370 e. The van der Waals surface area contributed by atoms with Crippen molar-refractivity contribution in [3.05, 3.63) is 11.8 Å². The normalized spacial score (nSPS) is 18.9. The molecule has 1 saturated heterocycles. The van der Waals surface area contributed by atoms with E-state index in [1.807, 2.05) is 6.92 Å². The fraction of sp³-hybridized carbons (Fsp3) is 0.636. The SMILES string of the molecule is Cc1cc(NC(=O)[C@H](C)[NH+]2CCOCC2)no1. The van der Waals surface area contributed by atoms with E-state index in [0.717, 1.165) is 26.3 Å². The zero-order chi connectivity index (χ0) is 12.3. The summed E-state index contributed by atoms with van der Waals surface area (Å²) in [5.74, 6) is 1.13. The molecule has 1 aromatic heterocycles. The number of aromatic nitrogens is 1. The van der Waals surface area contributed by atoms with E-state index < -0.39 is 0 Å². The Kier molecular flexibility index (Phi) is 3.75. The summed E-state index contributed by atoms with van der Waals surface area (Å²) in [4.78, 5) is 13.2. The maximum atomic E-state index is 12.0. The summed E-state index contributed by atoms with van der Waals surface area (Å²) in [7, 11) is 0. The predicted molar refractivity (Wildman–Crippen MR) is 60.8 cm³/mol. The summed E-state index contributed by atoms with van der Waals surface area (Å²) in [5.41, 5.74) is 0. The van der Waals surface area contributed by atoms with Gasteiger partial charge in [0.1, 0.15) is 18.8 Å². The van der Waals surface area contributed by atoms with E-state index in [-0.39, 0.29) is 11.9 Å². The van der Waals surface area contributed by atoms with Gasteiger partial charge in [-0.1, -0.05) is 5.16 Å². The Hall–Kier alpha value is -1.40. The lowest BCUT2D eigenvalue weighted by molar-refractivity contribution is -0.921. The number of morpholine rings is 1. The molecule has 94 valence electrons. The molecule has 0 aliphatic carbocycles. The van der Waals surface area contributed by atoms with Crippen LogP contribution in [0.4, 0.5) is 5.82 Å². The average Bonchev–Trinajstić information content (AvgIpc) is 2.75. The van der Waals surface area contributed by atoms with E-state index in [0.29, 0.717) is 11.6 Å². The van der Waals surface area contributed by atoms with Crippen molar-refractivity contribution in [2.45, 2.75) is 19.9 Å². The van der Waals surface area contributed by atoms with Crippen LogP contribution in [0.3, 0.4) is 0 Å². The summed E-state index contributed by atoms with van der Waals surface area (Å²) in [6, 6.07) is 1.61. The number of amides is 1. The first-order valence-electron chi connectivity index (χ1n) is 5.83. The lowest BCUT2D eigenvalue weighted by atomic mass is 10.2. The van der Waals surface area contributed by atoms with Gasteiger partial charge in [-0.25, -0.2) is 0 Å². The van der Waals surface area contributed by atoms with Gasteiger partial charge >= 0.3 is 0 Å². The van der Waals surface area contributed by atoms with Crippen LogP contribution in [0.5, 0.6) is 0 Å². The maximum Gasteiger partial charge on any atom is 0.283 e. The molecule has 1 aliphatic heterocycles. The molecule has 0 saturated carbocycles. The van der Waals surface area contributed by atoms with Crippen molar-refractivity contribution in [2.24, 2.45) is 0 Å². The topological polar surface area (TPSA) is 68.8 Å². The Balaban J connectivity index is 1.90. The van der Waals surface area contributed by atoms with Gasteiger partial charge in [0.05, 0.1) is 13.2 Å². The third kappa shape index (κ3) is 3.04. The Labute approximate surface area is 99.9 Å². The number of hydrogen-bond donors (Lipinski definition) is 2. The highest BCUT2D eigenvalue weighted by Crippen LogP contribution is 2.06. The average molecular weight is 240 g/mol. The van der Waals surface area contributed by atoms with Crippen molar-refractivity contribution in [1.29, 1.82) is 0 Å². The van der Waals surface area contributed by atoms with Crippen LogP contribution in [-0.2, 0) is 9.53 Å². The van der Waals surface area contributed by atoms with Crippen LogP contribution in [0.2, 0.25) is 0 Å². The Morgan fingerprint density at radius 2 is 2.24 bits per heavy atom. The molecule has 0 radical (unpaired) electrons. The second-order valence-corrected chi connectivity index (χ2v) is 4.30. The quantitative estimate of drug-likeness (QED) is 0.727. The number of carbonyl (C=O) groups is 1. The van der Waals surface area contributed by atoms with Gasteiger partial charge < -0.3 is 19.5 Å². The molecule has 0 aromatic carbocycles. The van der Waals surface area contributed by atoms with Crippen molar-refractivity contribution in [3.8, 4) is 0 Å². The summed E-state index contributed by atoms with van der Waals surface area (Å²) in [6.07, 6.45) is 0. The predicted octanol–water partition coefficient (Wildman–Crippen LogP) is -0.775. The molecule has 2 heterocycles. The number of carbonyl (C=O) groups excluding carboxylic acids is 1. The molecule has 2 N–H and O–H groups in total. The van der Waals surface area contributed by atoms with Crippen LogP contribution in [0.25, 0.3) is 0 Å². The number of nitrogens with zero attached hydrogens (tertiary/aromatic N) is 1. The van der Waals surface area contributed by atoms with E-state index in [1.54, 1.807) is 13.0 Å². The number of aryl methyl sites for hydroxylation is 1. The molecule has 1 aliphatic rings. The molecular formula is C11H18N3O3+. The molecule has 2 rings (SSSR count). The van der Waals surface area contributed by atoms with Crippen LogP contribution in [0.1, 0.15) is 12.7 Å². The van der Waals surface area contributed by atoms with E-state index in [4.69, 9.17) is 9.26 Å². The fourth-order valence-corrected chi connectivity index (χ4v) is 1.91. The molecule has 17 heavy (non-hydrogen) atoms. The van der Waals surface area contributed by atoms with Gasteiger partial charge in [-0.2, -0.15) is 0 Å². The lowest BCUT2D eigenvalue weighted by Gasteiger charge is -2.28. The molecular weight excluding hydrogens is 222 g/mol. The molecule has 6 nitrogen and oxygen atoms in total. The second kappa shape index (κ2) is 5.29. The van der Waals surface area contributed by atoms with E-state index in [2.05, 4.69) is 10.5 Å². The lowest BCUT2D eigenvalue weighted by Crippen LogP contribution is -3.18. The van der Waals surface area contributed by atoms with Gasteiger partial charge in [-0.15, -0.1) is 0 Å². The number of ether oxygens (including phenoxy) is 1. The van der Waals surface area contributed by atoms with Crippen molar-refractivity contribution in [3.63, 3.8) is 0 Å². The van der Waals surface area contributed by atoms with Gasteiger partial charge in [-0.05, 0) is 13.8 Å². The molecule has 6 heteroatoms. The second-order valence-electron chi connectivity index (χ2n) is 4.30. The minimum Gasteiger partial charge on any atom is -0.370 e. The van der Waals surface area contributed by atoms with E-state index >= 15 is 0 Å². The highest BCUT2D eigenvalue weighted by molar-refractivity contribution is 5.92. The summed E-state index contributed by atoms with van der Waals surface area (Å²) in [5, 5.41) is 6.50. The number of rotatable bonds is 3. The van der Waals surface area contributed by atoms with Crippen LogP contribution >= 0.6 is 0 Å². The third-order valence-electron chi connectivity index (χ3n) is 3.02. The molecule has 1 aromatic rings. The van der Waals surface area contributed by atoms with Gasteiger partial charge in [0.15, 0.2) is 11.9 Å². The molecule has 0 unspecified atom stereocenters. The van der Waals surface area contributed by atoms with E-state index in [1.165, 1.54) is 4.90 Å². The zero-order valence-corrected chi connectivity index (χ0v) is 10.2. The highest BCUT2D eigenvalue weighted by atomic mass is 16.5. The summed E-state index contributed by atoms with van der Waals surface area (Å²) >= 11 is 0. The van der Waals surface area contributed by atoms with Crippen molar-refractivity contribution >= 4 is 11.7 Å². The molecule has 1 fully saturated rings. The minimum absolute atomic E-state index is 0.0322. The van der Waals surface area contributed by atoms with Gasteiger partial charge in [-0.3, -0.25) is 4.79 Å². The Morgan fingerprint density at radius 3 is 2.82 bits per heavy atom. The molecule has 0 bridgehead atoms. The van der Waals surface area contributed by atoms with Gasteiger partial charge in [0, 0.05) is 6.07 Å². The minimum atomic E-state index is -0.101. The van der Waals surface area contributed by atoms with Crippen LogP contribution in [-0.4, -0.2) is 43.4 Å². The van der Waals surface area contributed by atoms with Crippen LogP contribution in [0.15, 0.2) is 10.6 Å². The summed E-state index contributed by atoms with van der Waals surface area (Å²) in [6.45, 7) is 6.88. The number of hydrogen-bond acceptors (Lipinski definition) is 4. The standard InChI is InChI=1S/C11H17N3O3/c1-8-7-10(13-17-8)12-11(15)9(2)14-3-5-16-6-4-14/h7,9H,3-6H2,1-2H3,(H,12,13,15)/p+1/t9-/m0/s1. The van der Waals surface area contributed by atoms with Crippen LogP contribution < -0.4 is 10.2 Å². The van der Waals surface area contributed by atoms with Gasteiger partial charge in [0.25, 0.3) is 5.91 Å². The highest BCUT2D eigenvalue weighted by Gasteiger charge is 2.27. The Morgan fingerprint density at radius 1 is 1.53 bits per heavy atom. The monoisotopic (exact) mass is 240 g/mol. The van der Waals surface area contributed by atoms with Gasteiger partial charge in [0.2, 0.25) is 0 Å². The third-order valence-corrected chi connectivity index (χ3v) is 3.02. The maximum absolute atomic E-state index is 12.0. The number of anilines is 1. The smallest absolute Gasteiger partial charge is 0.283 e. The molecule has 1 amide bonds. The number of quaternary nitrogens is 1. The first-order valence-corrected chi connectivity index (χ1v) is 5.83. The first-order chi connectivity index (χ1) is 8.16. The number of nitrogens with one attached hydrogen (secondary N) is 2. The van der Waals surface area contributed by atoms with Crippen molar-refractivity contribution in [1.82, 2.24) is 5.16 Å². The van der Waals surface area contributed by atoms with Crippen LogP contribution in [0, 0.1) is 6.92 Å².